The van der Waals surface area contributed by atoms with Gasteiger partial charge in [0.15, 0.2) is 0 Å². The molecule has 0 aromatic rings. The first kappa shape index (κ1) is 14.6. The van der Waals surface area contributed by atoms with E-state index in [9.17, 15) is 4.79 Å². The third-order valence-corrected chi connectivity index (χ3v) is 3.33. The van der Waals surface area contributed by atoms with Gasteiger partial charge in [-0.15, -0.1) is 12.4 Å². The highest BCUT2D eigenvalue weighted by Crippen LogP contribution is 2.33. The first-order valence-corrected chi connectivity index (χ1v) is 6.14. The van der Waals surface area contributed by atoms with E-state index in [1.165, 1.54) is 6.42 Å². The third-order valence-electron chi connectivity index (χ3n) is 3.33. The average molecular weight is 263 g/mol. The maximum absolute atomic E-state index is 11.6. The number of carbonyl (C=O) groups is 1. The third kappa shape index (κ3) is 4.03. The average Bonchev–Trinajstić information content (AvgIpc) is 2.38. The first-order valence-electron chi connectivity index (χ1n) is 6.14. The van der Waals surface area contributed by atoms with Gasteiger partial charge in [-0.05, 0) is 58.5 Å². The van der Waals surface area contributed by atoms with Gasteiger partial charge < -0.3 is 15.4 Å². The maximum atomic E-state index is 11.6. The minimum atomic E-state index is -0.407. The highest BCUT2D eigenvalue weighted by Gasteiger charge is 2.38. The number of nitrogens with one attached hydrogen (secondary N) is 2. The second-order valence-corrected chi connectivity index (χ2v) is 6.01. The largest absolute Gasteiger partial charge is 0.444 e. The van der Waals surface area contributed by atoms with E-state index in [2.05, 4.69) is 10.6 Å². The lowest BCUT2D eigenvalue weighted by atomic mass is 10.00. The van der Waals surface area contributed by atoms with Gasteiger partial charge in [0.1, 0.15) is 5.60 Å². The quantitative estimate of drug-likeness (QED) is 0.759. The number of alkyl carbamates (subject to hydrolysis) is 1. The molecular weight excluding hydrogens is 240 g/mol. The van der Waals surface area contributed by atoms with Crippen LogP contribution in [0, 0.1) is 11.8 Å². The Bertz CT molecular complexity index is 278. The molecular formula is C12H23ClN2O2. The number of piperidine rings is 1. The van der Waals surface area contributed by atoms with Crippen molar-refractivity contribution in [3.8, 4) is 0 Å². The molecule has 0 unspecified atom stereocenters. The van der Waals surface area contributed by atoms with Crippen LogP contribution in [-0.4, -0.2) is 30.8 Å². The van der Waals surface area contributed by atoms with Crippen LogP contribution in [0.5, 0.6) is 0 Å². The van der Waals surface area contributed by atoms with Crippen molar-refractivity contribution in [2.75, 3.05) is 13.1 Å². The van der Waals surface area contributed by atoms with Crippen LogP contribution in [0.25, 0.3) is 0 Å². The number of rotatable bonds is 1. The summed E-state index contributed by atoms with van der Waals surface area (Å²) < 4.78 is 5.28. The molecule has 0 spiro atoms. The van der Waals surface area contributed by atoms with Crippen LogP contribution < -0.4 is 10.6 Å². The highest BCUT2D eigenvalue weighted by molar-refractivity contribution is 5.85. The minimum Gasteiger partial charge on any atom is -0.444 e. The van der Waals surface area contributed by atoms with E-state index < -0.39 is 5.60 Å². The van der Waals surface area contributed by atoms with E-state index in [0.717, 1.165) is 25.4 Å². The van der Waals surface area contributed by atoms with E-state index in [-0.39, 0.29) is 18.5 Å². The van der Waals surface area contributed by atoms with E-state index in [1.54, 1.807) is 0 Å². The SMILES string of the molecule is CC(C)(C)OC(=O)N[C@@H]1C[C@@H]2CNC[C@H]1C2.Cl. The summed E-state index contributed by atoms with van der Waals surface area (Å²) >= 11 is 0. The number of carbonyl (C=O) groups excluding carboxylic acids is 1. The van der Waals surface area contributed by atoms with Crippen LogP contribution in [0.1, 0.15) is 33.6 Å². The molecule has 1 saturated heterocycles. The van der Waals surface area contributed by atoms with Gasteiger partial charge in [0.05, 0.1) is 0 Å². The fourth-order valence-electron chi connectivity index (χ4n) is 2.74. The van der Waals surface area contributed by atoms with Crippen molar-refractivity contribution >= 4 is 18.5 Å². The van der Waals surface area contributed by atoms with E-state index in [0.29, 0.717) is 12.0 Å². The van der Waals surface area contributed by atoms with Crippen molar-refractivity contribution in [2.24, 2.45) is 11.8 Å². The summed E-state index contributed by atoms with van der Waals surface area (Å²) in [6.45, 7) is 7.80. The summed E-state index contributed by atoms with van der Waals surface area (Å²) in [5.74, 6) is 1.32. The standard InChI is InChI=1S/C12H22N2O2.ClH/c1-12(2,3)16-11(15)14-10-5-8-4-9(10)7-13-6-8;/h8-10,13H,4-7H2,1-3H3,(H,14,15);1H/t8-,9-,10-;/m1./s1. The zero-order chi connectivity index (χ0) is 11.8. The molecule has 2 N–H and O–H groups in total. The molecule has 0 aromatic carbocycles. The summed E-state index contributed by atoms with van der Waals surface area (Å²) in [5.41, 5.74) is -0.407. The zero-order valence-electron chi connectivity index (χ0n) is 10.8. The Hall–Kier alpha value is -0.480. The molecule has 2 bridgehead atoms. The van der Waals surface area contributed by atoms with Gasteiger partial charge in [0.2, 0.25) is 0 Å². The molecule has 0 aromatic heterocycles. The molecule has 2 aliphatic rings. The van der Waals surface area contributed by atoms with E-state index in [1.807, 2.05) is 20.8 Å². The Labute approximate surface area is 109 Å². The van der Waals surface area contributed by atoms with Gasteiger partial charge in [-0.2, -0.15) is 0 Å². The lowest BCUT2D eigenvalue weighted by molar-refractivity contribution is 0.0494. The van der Waals surface area contributed by atoms with Gasteiger partial charge in [-0.25, -0.2) is 4.79 Å². The fraction of sp³-hybridized carbons (Fsp3) is 0.917. The van der Waals surface area contributed by atoms with Crippen LogP contribution >= 0.6 is 12.4 Å². The van der Waals surface area contributed by atoms with Gasteiger partial charge in [-0.1, -0.05) is 0 Å². The molecule has 100 valence electrons. The fourth-order valence-corrected chi connectivity index (χ4v) is 2.74. The van der Waals surface area contributed by atoms with Crippen LogP contribution in [0.3, 0.4) is 0 Å². The topological polar surface area (TPSA) is 50.4 Å². The molecule has 1 aliphatic carbocycles. The van der Waals surface area contributed by atoms with Crippen molar-refractivity contribution in [1.82, 2.24) is 10.6 Å². The minimum absolute atomic E-state index is 0. The Morgan fingerprint density at radius 1 is 1.29 bits per heavy atom. The van der Waals surface area contributed by atoms with Gasteiger partial charge in [-0.3, -0.25) is 0 Å². The van der Waals surface area contributed by atoms with Crippen molar-refractivity contribution in [1.29, 1.82) is 0 Å². The van der Waals surface area contributed by atoms with Crippen LogP contribution in [-0.2, 0) is 4.74 Å². The molecule has 1 saturated carbocycles. The maximum Gasteiger partial charge on any atom is 0.407 e. The molecule has 1 heterocycles. The second kappa shape index (κ2) is 5.44. The van der Waals surface area contributed by atoms with E-state index in [4.69, 9.17) is 4.74 Å². The Balaban J connectivity index is 0.00000144. The number of hydrogen-bond acceptors (Lipinski definition) is 3. The number of fused-ring (bicyclic) bond motifs is 2. The Morgan fingerprint density at radius 3 is 2.59 bits per heavy atom. The van der Waals surface area contributed by atoms with E-state index >= 15 is 0 Å². The monoisotopic (exact) mass is 262 g/mol. The summed E-state index contributed by atoms with van der Waals surface area (Å²) in [7, 11) is 0. The Kier molecular flexibility index (Phi) is 4.67. The molecule has 0 radical (unpaired) electrons. The Morgan fingerprint density at radius 2 is 2.00 bits per heavy atom. The lowest BCUT2D eigenvalue weighted by Gasteiger charge is -2.25. The van der Waals surface area contributed by atoms with Crippen LogP contribution in [0.2, 0.25) is 0 Å². The van der Waals surface area contributed by atoms with Crippen LogP contribution in [0.15, 0.2) is 0 Å². The lowest BCUT2D eigenvalue weighted by Crippen LogP contribution is -2.43. The van der Waals surface area contributed by atoms with Crippen LogP contribution in [0.4, 0.5) is 4.79 Å². The van der Waals surface area contributed by atoms with Crippen molar-refractivity contribution in [3.63, 3.8) is 0 Å². The molecule has 1 amide bonds. The van der Waals surface area contributed by atoms with Gasteiger partial charge in [0, 0.05) is 6.04 Å². The molecule has 4 nitrogen and oxygen atoms in total. The molecule has 2 fully saturated rings. The number of halogens is 1. The smallest absolute Gasteiger partial charge is 0.407 e. The summed E-state index contributed by atoms with van der Waals surface area (Å²) in [5, 5.41) is 6.41. The zero-order valence-corrected chi connectivity index (χ0v) is 11.6. The summed E-state index contributed by atoms with van der Waals surface area (Å²) in [6.07, 6.45) is 2.06. The van der Waals surface area contributed by atoms with Crippen molar-refractivity contribution < 1.29 is 9.53 Å². The normalized spacial score (nSPS) is 31.6. The highest BCUT2D eigenvalue weighted by atomic mass is 35.5. The predicted molar refractivity (Wildman–Crippen MR) is 69.5 cm³/mol. The first-order chi connectivity index (χ1) is 7.44. The number of ether oxygens (including phenoxy) is 1. The second-order valence-electron chi connectivity index (χ2n) is 6.01. The van der Waals surface area contributed by atoms with Crippen molar-refractivity contribution in [3.05, 3.63) is 0 Å². The molecule has 5 heteroatoms. The van der Waals surface area contributed by atoms with Gasteiger partial charge >= 0.3 is 6.09 Å². The molecule has 17 heavy (non-hydrogen) atoms. The summed E-state index contributed by atoms with van der Waals surface area (Å²) in [4.78, 5) is 11.6. The molecule has 2 rings (SSSR count). The van der Waals surface area contributed by atoms with Crippen molar-refractivity contribution in [2.45, 2.75) is 45.3 Å². The predicted octanol–water partition coefficient (Wildman–Crippen LogP) is 1.93. The summed E-state index contributed by atoms with van der Waals surface area (Å²) in [6, 6.07) is 0.301. The molecule has 1 aliphatic heterocycles. The van der Waals surface area contributed by atoms with Gasteiger partial charge in [0.25, 0.3) is 0 Å². The number of hydrogen-bond donors (Lipinski definition) is 2. The molecule has 3 atom stereocenters. The number of amides is 1.